The van der Waals surface area contributed by atoms with Crippen LogP contribution in [0, 0.1) is 0 Å². The maximum Gasteiger partial charge on any atom is 0.0921 e. The molecule has 1 rings (SSSR count). The van der Waals surface area contributed by atoms with Gasteiger partial charge in [0.2, 0.25) is 0 Å². The van der Waals surface area contributed by atoms with Crippen LogP contribution in [0.1, 0.15) is 0 Å². The molecular weight excluding hydrogens is 192 g/mol. The quantitative estimate of drug-likeness (QED) is 0.734. The minimum Gasteiger partial charge on any atom is -0.392 e. The Kier molecular flexibility index (Phi) is 3.31. The van der Waals surface area contributed by atoms with E-state index in [2.05, 4.69) is 5.32 Å². The van der Waals surface area contributed by atoms with E-state index in [1.54, 1.807) is 0 Å². The van der Waals surface area contributed by atoms with E-state index in [4.69, 9.17) is 29.6 Å². The first-order valence-corrected chi connectivity index (χ1v) is 4.25. The Labute approximate surface area is 81.7 Å². The number of nitrogens with two attached hydrogens (primary N) is 1. The van der Waals surface area contributed by atoms with Crippen molar-refractivity contribution in [2.45, 2.75) is 0 Å². The van der Waals surface area contributed by atoms with Gasteiger partial charge >= 0.3 is 0 Å². The lowest BCUT2D eigenvalue weighted by atomic mass is 10.3. The molecule has 0 saturated heterocycles. The Morgan fingerprint density at radius 3 is 2.92 bits per heavy atom. The Bertz CT molecular complexity index is 288. The molecule has 0 atom stereocenters. The minimum absolute atomic E-state index is 0.440. The van der Waals surface area contributed by atoms with Crippen LogP contribution >= 0.6 is 23.8 Å². The van der Waals surface area contributed by atoms with Crippen LogP contribution in [0.5, 0.6) is 0 Å². The van der Waals surface area contributed by atoms with E-state index in [1.807, 2.05) is 24.3 Å². The Morgan fingerprint density at radius 2 is 2.33 bits per heavy atom. The third kappa shape index (κ3) is 3.07. The minimum atomic E-state index is 0.440. The molecule has 4 heteroatoms. The summed E-state index contributed by atoms with van der Waals surface area (Å²) in [5.74, 6) is 0. The molecule has 0 bridgehead atoms. The van der Waals surface area contributed by atoms with E-state index in [0.717, 1.165) is 5.69 Å². The molecule has 0 fully saturated rings. The Hall–Kier alpha value is -0.800. The van der Waals surface area contributed by atoms with Crippen LogP contribution in [0.25, 0.3) is 0 Å². The summed E-state index contributed by atoms with van der Waals surface area (Å²) < 4.78 is 0. The molecule has 0 heterocycles. The number of thiocarbonyl (C=S) groups is 1. The number of hydrogen-bond donors (Lipinski definition) is 2. The number of anilines is 1. The molecule has 0 amide bonds. The lowest BCUT2D eigenvalue weighted by Crippen LogP contribution is -2.19. The van der Waals surface area contributed by atoms with Crippen LogP contribution in [0.4, 0.5) is 5.69 Å². The van der Waals surface area contributed by atoms with E-state index in [9.17, 15) is 0 Å². The van der Waals surface area contributed by atoms with Crippen molar-refractivity contribution < 1.29 is 0 Å². The summed E-state index contributed by atoms with van der Waals surface area (Å²) in [4.78, 5) is 0.440. The van der Waals surface area contributed by atoms with Crippen molar-refractivity contribution >= 4 is 34.5 Å². The molecule has 1 aromatic rings. The van der Waals surface area contributed by atoms with E-state index >= 15 is 0 Å². The van der Waals surface area contributed by atoms with Crippen LogP contribution in [-0.4, -0.2) is 11.5 Å². The van der Waals surface area contributed by atoms with Gasteiger partial charge in [0.15, 0.2) is 0 Å². The van der Waals surface area contributed by atoms with Gasteiger partial charge in [-0.25, -0.2) is 0 Å². The van der Waals surface area contributed by atoms with Gasteiger partial charge in [-0.3, -0.25) is 0 Å². The average Bonchev–Trinajstić information content (AvgIpc) is 2.01. The lowest BCUT2D eigenvalue weighted by Gasteiger charge is -2.04. The summed E-state index contributed by atoms with van der Waals surface area (Å²) in [6.07, 6.45) is 0. The number of rotatable bonds is 3. The summed E-state index contributed by atoms with van der Waals surface area (Å²) >= 11 is 10.5. The first kappa shape index (κ1) is 9.29. The van der Waals surface area contributed by atoms with Gasteiger partial charge in [-0.1, -0.05) is 29.9 Å². The number of nitrogens with one attached hydrogen (secondary N) is 1. The standard InChI is InChI=1S/C8H9ClN2S/c9-6-2-1-3-7(4-6)11-5-8(10)12/h1-4,11H,5H2,(H2,10,12). The average molecular weight is 201 g/mol. The summed E-state index contributed by atoms with van der Waals surface area (Å²) in [6.45, 7) is 0.496. The molecule has 0 spiro atoms. The highest BCUT2D eigenvalue weighted by atomic mass is 35.5. The van der Waals surface area contributed by atoms with Crippen molar-refractivity contribution in [3.05, 3.63) is 29.3 Å². The summed E-state index contributed by atoms with van der Waals surface area (Å²) in [5, 5.41) is 3.73. The molecule has 0 aliphatic heterocycles. The van der Waals surface area contributed by atoms with E-state index < -0.39 is 0 Å². The highest BCUT2D eigenvalue weighted by Crippen LogP contribution is 2.14. The van der Waals surface area contributed by atoms with E-state index in [0.29, 0.717) is 16.6 Å². The molecule has 0 aliphatic rings. The molecule has 1 aromatic carbocycles. The van der Waals surface area contributed by atoms with Crippen LogP contribution in [-0.2, 0) is 0 Å². The van der Waals surface area contributed by atoms with E-state index in [-0.39, 0.29) is 0 Å². The smallest absolute Gasteiger partial charge is 0.0921 e. The van der Waals surface area contributed by atoms with Crippen molar-refractivity contribution in [1.29, 1.82) is 0 Å². The summed E-state index contributed by atoms with van der Waals surface area (Å²) in [6, 6.07) is 7.40. The molecular formula is C8H9ClN2S. The molecule has 0 saturated carbocycles. The number of benzene rings is 1. The predicted molar refractivity (Wildman–Crippen MR) is 56.7 cm³/mol. The van der Waals surface area contributed by atoms with Crippen molar-refractivity contribution in [2.75, 3.05) is 11.9 Å². The monoisotopic (exact) mass is 200 g/mol. The maximum atomic E-state index is 5.76. The van der Waals surface area contributed by atoms with Gasteiger partial charge in [-0.2, -0.15) is 0 Å². The Morgan fingerprint density at radius 1 is 1.58 bits per heavy atom. The first-order chi connectivity index (χ1) is 5.68. The topological polar surface area (TPSA) is 38.0 Å². The maximum absolute atomic E-state index is 5.76. The second-order valence-electron chi connectivity index (χ2n) is 2.33. The van der Waals surface area contributed by atoms with Crippen molar-refractivity contribution in [3.8, 4) is 0 Å². The molecule has 0 unspecified atom stereocenters. The SMILES string of the molecule is NC(=S)CNc1cccc(Cl)c1. The fourth-order valence-electron chi connectivity index (χ4n) is 0.788. The molecule has 0 radical (unpaired) electrons. The van der Waals surface area contributed by atoms with Gasteiger partial charge in [-0.05, 0) is 18.2 Å². The van der Waals surface area contributed by atoms with Gasteiger partial charge in [0.25, 0.3) is 0 Å². The molecule has 64 valence electrons. The number of hydrogen-bond acceptors (Lipinski definition) is 2. The zero-order chi connectivity index (χ0) is 8.97. The molecule has 0 aliphatic carbocycles. The van der Waals surface area contributed by atoms with E-state index in [1.165, 1.54) is 0 Å². The normalized spacial score (nSPS) is 9.42. The van der Waals surface area contributed by atoms with Crippen LogP contribution in [0.15, 0.2) is 24.3 Å². The molecule has 2 nitrogen and oxygen atoms in total. The number of halogens is 1. The Balaban J connectivity index is 2.57. The fraction of sp³-hybridized carbons (Fsp3) is 0.125. The summed E-state index contributed by atoms with van der Waals surface area (Å²) in [7, 11) is 0. The van der Waals surface area contributed by atoms with Gasteiger partial charge in [0.05, 0.1) is 11.5 Å². The van der Waals surface area contributed by atoms with Gasteiger partial charge < -0.3 is 11.1 Å². The second kappa shape index (κ2) is 4.28. The predicted octanol–water partition coefficient (Wildman–Crippen LogP) is 2.04. The van der Waals surface area contributed by atoms with Gasteiger partial charge in [0.1, 0.15) is 0 Å². The fourth-order valence-corrected chi connectivity index (χ4v) is 1.05. The molecule has 12 heavy (non-hydrogen) atoms. The zero-order valence-electron chi connectivity index (χ0n) is 6.38. The van der Waals surface area contributed by atoms with Crippen molar-refractivity contribution in [1.82, 2.24) is 0 Å². The third-order valence-electron chi connectivity index (χ3n) is 1.29. The highest BCUT2D eigenvalue weighted by Gasteiger charge is 1.92. The zero-order valence-corrected chi connectivity index (χ0v) is 7.95. The molecule has 3 N–H and O–H groups in total. The van der Waals surface area contributed by atoms with Crippen molar-refractivity contribution in [2.24, 2.45) is 5.73 Å². The first-order valence-electron chi connectivity index (χ1n) is 3.46. The highest BCUT2D eigenvalue weighted by molar-refractivity contribution is 7.80. The second-order valence-corrected chi connectivity index (χ2v) is 3.29. The van der Waals surface area contributed by atoms with Crippen LogP contribution in [0.3, 0.4) is 0 Å². The largest absolute Gasteiger partial charge is 0.392 e. The molecule has 0 aromatic heterocycles. The van der Waals surface area contributed by atoms with Crippen LogP contribution < -0.4 is 11.1 Å². The van der Waals surface area contributed by atoms with Gasteiger partial charge in [-0.15, -0.1) is 0 Å². The van der Waals surface area contributed by atoms with Crippen molar-refractivity contribution in [3.63, 3.8) is 0 Å². The van der Waals surface area contributed by atoms with Crippen LogP contribution in [0.2, 0.25) is 5.02 Å². The lowest BCUT2D eigenvalue weighted by molar-refractivity contribution is 1.38. The third-order valence-corrected chi connectivity index (χ3v) is 1.67. The summed E-state index contributed by atoms with van der Waals surface area (Å²) in [5.41, 5.74) is 6.24. The van der Waals surface area contributed by atoms with Gasteiger partial charge in [0, 0.05) is 10.7 Å².